The summed E-state index contributed by atoms with van der Waals surface area (Å²) in [6.07, 6.45) is 1.76. The highest BCUT2D eigenvalue weighted by Crippen LogP contribution is 2.11. The first-order chi connectivity index (χ1) is 5.07. The third kappa shape index (κ3) is 4.86. The number of hydrogen-bond acceptors (Lipinski definition) is 3. The largest absolute Gasteiger partial charge is 0.480 e. The third-order valence-electron chi connectivity index (χ3n) is 1.19. The van der Waals surface area contributed by atoms with E-state index in [9.17, 15) is 4.79 Å². The summed E-state index contributed by atoms with van der Waals surface area (Å²) < 4.78 is 0. The molecule has 0 aliphatic carbocycles. The molecular weight excluding hydrogens is 162 g/mol. The molecule has 0 aliphatic rings. The molecule has 0 bridgehead atoms. The maximum Gasteiger partial charge on any atom is 0.321 e. The fourth-order valence-electron chi connectivity index (χ4n) is 0.395. The molecule has 1 unspecified atom stereocenters. The molecule has 3 N–H and O–H groups in total. The van der Waals surface area contributed by atoms with E-state index in [0.29, 0.717) is 5.75 Å². The van der Waals surface area contributed by atoms with Crippen LogP contribution in [0.2, 0.25) is 0 Å². The summed E-state index contributed by atoms with van der Waals surface area (Å²) in [5.74, 6) is -0.517. The van der Waals surface area contributed by atoms with Crippen molar-refractivity contribution in [1.29, 1.82) is 0 Å². The maximum absolute atomic E-state index is 10.2. The molecule has 0 rings (SSSR count). The van der Waals surface area contributed by atoms with E-state index in [2.05, 4.69) is 6.58 Å². The van der Waals surface area contributed by atoms with Crippen molar-refractivity contribution in [2.24, 2.45) is 5.73 Å². The number of nitrogens with two attached hydrogens (primary N) is 1. The molecule has 0 spiro atoms. The molecule has 0 saturated carbocycles. The summed E-state index contributed by atoms with van der Waals surface area (Å²) in [5, 5.41) is 8.67. The van der Waals surface area contributed by atoms with E-state index in [1.165, 1.54) is 11.8 Å². The predicted molar refractivity (Wildman–Crippen MR) is 47.7 cm³/mol. The van der Waals surface area contributed by atoms with Crippen LogP contribution in [0, 0.1) is 0 Å². The highest BCUT2D eigenvalue weighted by molar-refractivity contribution is 8.00. The summed E-state index contributed by atoms with van der Waals surface area (Å²) in [6.45, 7) is 5.52. The van der Waals surface area contributed by atoms with Gasteiger partial charge >= 0.3 is 5.97 Å². The van der Waals surface area contributed by atoms with Crippen molar-refractivity contribution < 1.29 is 9.90 Å². The zero-order valence-electron chi connectivity index (χ0n) is 6.49. The lowest BCUT2D eigenvalue weighted by Crippen LogP contribution is -2.32. The average molecular weight is 175 g/mol. The van der Waals surface area contributed by atoms with E-state index in [4.69, 9.17) is 10.8 Å². The minimum atomic E-state index is -0.950. The van der Waals surface area contributed by atoms with Crippen LogP contribution in [0.25, 0.3) is 0 Å². The van der Waals surface area contributed by atoms with E-state index < -0.39 is 12.0 Å². The van der Waals surface area contributed by atoms with Crippen molar-refractivity contribution >= 4 is 17.7 Å². The molecule has 0 fully saturated rings. The number of rotatable bonds is 5. The third-order valence-corrected chi connectivity index (χ3v) is 2.46. The fourth-order valence-corrected chi connectivity index (χ4v) is 1.18. The summed E-state index contributed by atoms with van der Waals surface area (Å²) in [5.41, 5.74) is 5.26. The molecule has 0 radical (unpaired) electrons. The molecule has 2 atom stereocenters. The number of hydrogen-bond donors (Lipinski definition) is 2. The lowest BCUT2D eigenvalue weighted by atomic mass is 10.4. The lowest BCUT2D eigenvalue weighted by molar-refractivity contribution is -0.137. The second kappa shape index (κ2) is 5.21. The number of carbonyl (C=O) groups is 1. The quantitative estimate of drug-likeness (QED) is 0.604. The predicted octanol–water partition coefficient (Wildman–Crippen LogP) is 0.706. The Morgan fingerprint density at radius 1 is 1.91 bits per heavy atom. The van der Waals surface area contributed by atoms with Crippen LogP contribution >= 0.6 is 11.8 Å². The molecule has 64 valence electrons. The van der Waals surface area contributed by atoms with Gasteiger partial charge in [0.15, 0.2) is 0 Å². The summed E-state index contributed by atoms with van der Waals surface area (Å²) in [7, 11) is 0. The Balaban J connectivity index is 3.53. The number of carboxylic acid groups (broad SMARTS) is 1. The second-order valence-corrected chi connectivity index (χ2v) is 3.63. The van der Waals surface area contributed by atoms with Gasteiger partial charge in [-0.2, -0.15) is 11.8 Å². The molecule has 0 aromatic heterocycles. The molecule has 0 saturated heterocycles. The first kappa shape index (κ1) is 10.5. The molecule has 11 heavy (non-hydrogen) atoms. The van der Waals surface area contributed by atoms with E-state index in [0.717, 1.165) is 0 Å². The van der Waals surface area contributed by atoms with Gasteiger partial charge in [-0.05, 0) is 6.92 Å². The van der Waals surface area contributed by atoms with Crippen LogP contribution < -0.4 is 5.73 Å². The number of thioether (sulfide) groups is 1. The van der Waals surface area contributed by atoms with Crippen molar-refractivity contribution in [3.63, 3.8) is 0 Å². The highest BCUT2D eigenvalue weighted by atomic mass is 32.2. The number of aliphatic carboxylic acids is 1. The van der Waals surface area contributed by atoms with Gasteiger partial charge in [0.05, 0.1) is 0 Å². The van der Waals surface area contributed by atoms with Crippen LogP contribution in [0.1, 0.15) is 6.92 Å². The van der Waals surface area contributed by atoms with Gasteiger partial charge in [0.1, 0.15) is 6.04 Å². The van der Waals surface area contributed by atoms with Gasteiger partial charge in [-0.1, -0.05) is 6.08 Å². The Morgan fingerprint density at radius 3 is 2.82 bits per heavy atom. The summed E-state index contributed by atoms with van der Waals surface area (Å²) in [6, 6.07) is -0.762. The van der Waals surface area contributed by atoms with Crippen LogP contribution in [0.15, 0.2) is 12.7 Å². The number of carboxylic acids is 1. The first-order valence-corrected chi connectivity index (χ1v) is 4.35. The van der Waals surface area contributed by atoms with E-state index in [1.54, 1.807) is 6.08 Å². The molecule has 0 aromatic carbocycles. The molecule has 0 heterocycles. The molecule has 4 heteroatoms. The van der Waals surface area contributed by atoms with Gasteiger partial charge in [-0.15, -0.1) is 6.58 Å². The van der Waals surface area contributed by atoms with Gasteiger partial charge in [0.25, 0.3) is 0 Å². The molecule has 3 nitrogen and oxygen atoms in total. The fraction of sp³-hybridized carbons (Fsp3) is 0.571. The van der Waals surface area contributed by atoms with Crippen LogP contribution in [0.4, 0.5) is 0 Å². The van der Waals surface area contributed by atoms with Crippen molar-refractivity contribution in [2.45, 2.75) is 18.2 Å². The van der Waals surface area contributed by atoms with Crippen molar-refractivity contribution in [3.05, 3.63) is 12.7 Å². The van der Waals surface area contributed by atoms with Crippen molar-refractivity contribution in [3.8, 4) is 0 Å². The van der Waals surface area contributed by atoms with Gasteiger partial charge in [-0.3, -0.25) is 4.79 Å². The monoisotopic (exact) mass is 175 g/mol. The van der Waals surface area contributed by atoms with Crippen molar-refractivity contribution in [2.75, 3.05) is 5.75 Å². The van der Waals surface area contributed by atoms with Crippen LogP contribution in [-0.2, 0) is 4.79 Å². The summed E-state index contributed by atoms with van der Waals surface area (Å²) in [4.78, 5) is 10.2. The highest BCUT2D eigenvalue weighted by Gasteiger charge is 2.11. The van der Waals surface area contributed by atoms with E-state index in [-0.39, 0.29) is 5.25 Å². The van der Waals surface area contributed by atoms with Gasteiger partial charge in [0, 0.05) is 11.0 Å². The molecular formula is C7H13NO2S. The standard InChI is InChI=1S/C7H13NO2S/c1-3-5(2)11-4-6(8)7(9)10/h3,5-6H,1,4,8H2,2H3,(H,9,10)/t5?,6-/m0/s1. The molecule has 0 aromatic rings. The van der Waals surface area contributed by atoms with Gasteiger partial charge < -0.3 is 10.8 Å². The van der Waals surface area contributed by atoms with Crippen LogP contribution in [0.3, 0.4) is 0 Å². The minimum Gasteiger partial charge on any atom is -0.480 e. The smallest absolute Gasteiger partial charge is 0.321 e. The summed E-state index contributed by atoms with van der Waals surface area (Å²) >= 11 is 1.49. The van der Waals surface area contributed by atoms with Gasteiger partial charge in [-0.25, -0.2) is 0 Å². The first-order valence-electron chi connectivity index (χ1n) is 3.30. The zero-order chi connectivity index (χ0) is 8.85. The average Bonchev–Trinajstić information content (AvgIpc) is 1.99. The van der Waals surface area contributed by atoms with E-state index >= 15 is 0 Å². The topological polar surface area (TPSA) is 63.3 Å². The second-order valence-electron chi connectivity index (χ2n) is 2.22. The molecule has 0 aliphatic heterocycles. The lowest BCUT2D eigenvalue weighted by Gasteiger charge is -2.08. The van der Waals surface area contributed by atoms with Crippen LogP contribution in [0.5, 0.6) is 0 Å². The Kier molecular flexibility index (Phi) is 4.98. The normalized spacial score (nSPS) is 15.5. The Labute approximate surface area is 70.7 Å². The minimum absolute atomic E-state index is 0.264. The maximum atomic E-state index is 10.2. The Hall–Kier alpha value is -0.480. The molecule has 0 amide bonds. The Bertz CT molecular complexity index is 149. The van der Waals surface area contributed by atoms with Crippen molar-refractivity contribution in [1.82, 2.24) is 0 Å². The SMILES string of the molecule is C=CC(C)SC[C@H](N)C(=O)O. The van der Waals surface area contributed by atoms with E-state index in [1.807, 2.05) is 6.92 Å². The van der Waals surface area contributed by atoms with Crippen LogP contribution in [-0.4, -0.2) is 28.1 Å². The Morgan fingerprint density at radius 2 is 2.45 bits per heavy atom. The van der Waals surface area contributed by atoms with Gasteiger partial charge in [0.2, 0.25) is 0 Å². The zero-order valence-corrected chi connectivity index (χ0v) is 7.30.